The summed E-state index contributed by atoms with van der Waals surface area (Å²) >= 11 is 6.17. The van der Waals surface area contributed by atoms with E-state index in [1.165, 1.54) is 6.20 Å². The molecule has 2 aromatic heterocycles. The van der Waals surface area contributed by atoms with Crippen molar-refractivity contribution in [3.8, 4) is 0 Å². The van der Waals surface area contributed by atoms with E-state index < -0.39 is 0 Å². The zero-order valence-corrected chi connectivity index (χ0v) is 14.1. The summed E-state index contributed by atoms with van der Waals surface area (Å²) in [6.07, 6.45) is 7.13. The minimum absolute atomic E-state index is 0.117. The van der Waals surface area contributed by atoms with Crippen LogP contribution in [0.25, 0.3) is 0 Å². The van der Waals surface area contributed by atoms with Gasteiger partial charge < -0.3 is 4.90 Å². The third-order valence-electron chi connectivity index (χ3n) is 4.08. The Balaban J connectivity index is 1.82. The highest BCUT2D eigenvalue weighted by molar-refractivity contribution is 6.33. The minimum Gasteiger partial charge on any atom is -0.332 e. The summed E-state index contributed by atoms with van der Waals surface area (Å²) in [6.45, 7) is 5.41. The quantitative estimate of drug-likeness (QED) is 0.863. The zero-order valence-electron chi connectivity index (χ0n) is 13.3. The smallest absolute Gasteiger partial charge is 0.274 e. The Hall–Kier alpha value is -1.95. The van der Waals surface area contributed by atoms with Gasteiger partial charge in [-0.05, 0) is 18.9 Å². The predicted octanol–water partition coefficient (Wildman–Crippen LogP) is 2.75. The van der Waals surface area contributed by atoms with Crippen LogP contribution in [0, 0.1) is 0 Å². The molecule has 1 aliphatic heterocycles. The third kappa shape index (κ3) is 3.37. The number of nitrogens with zero attached hydrogens (tertiary/aromatic N) is 5. The van der Waals surface area contributed by atoms with Gasteiger partial charge in [-0.2, -0.15) is 5.10 Å². The summed E-state index contributed by atoms with van der Waals surface area (Å²) in [5, 5.41) is 4.54. The molecule has 1 atom stereocenters. The fraction of sp³-hybridized carbons (Fsp3) is 0.500. The molecule has 6 nitrogen and oxygen atoms in total. The van der Waals surface area contributed by atoms with Gasteiger partial charge >= 0.3 is 0 Å². The van der Waals surface area contributed by atoms with E-state index in [1.54, 1.807) is 6.20 Å². The molecule has 122 valence electrons. The lowest BCUT2D eigenvalue weighted by molar-refractivity contribution is 0.0715. The summed E-state index contributed by atoms with van der Waals surface area (Å²) in [6, 6.07) is 2.01. The molecule has 0 aromatic carbocycles. The Kier molecular flexibility index (Phi) is 4.61. The summed E-state index contributed by atoms with van der Waals surface area (Å²) in [7, 11) is 0. The van der Waals surface area contributed by atoms with Crippen molar-refractivity contribution in [3.05, 3.63) is 41.2 Å². The largest absolute Gasteiger partial charge is 0.332 e. The van der Waals surface area contributed by atoms with Gasteiger partial charge in [-0.3, -0.25) is 9.48 Å². The Morgan fingerprint density at radius 3 is 3.00 bits per heavy atom. The molecule has 1 amide bonds. The zero-order chi connectivity index (χ0) is 16.4. The lowest BCUT2D eigenvalue weighted by Crippen LogP contribution is -2.39. The Morgan fingerprint density at radius 2 is 2.30 bits per heavy atom. The molecule has 3 heterocycles. The number of carbonyl (C=O) groups excluding carboxylic acids is 1. The van der Waals surface area contributed by atoms with Crippen molar-refractivity contribution in [2.75, 3.05) is 6.54 Å². The fourth-order valence-electron chi connectivity index (χ4n) is 2.86. The minimum atomic E-state index is -0.117. The van der Waals surface area contributed by atoms with Crippen molar-refractivity contribution in [1.29, 1.82) is 0 Å². The lowest BCUT2D eigenvalue weighted by Gasteiger charge is -2.25. The Labute approximate surface area is 140 Å². The average Bonchev–Trinajstić information content (AvgIpc) is 3.19. The Morgan fingerprint density at radius 1 is 1.48 bits per heavy atom. The van der Waals surface area contributed by atoms with Crippen molar-refractivity contribution in [2.24, 2.45) is 0 Å². The summed E-state index contributed by atoms with van der Waals surface area (Å²) in [5.41, 5.74) is 0.303. The molecule has 23 heavy (non-hydrogen) atoms. The highest BCUT2D eigenvalue weighted by Gasteiger charge is 2.32. The number of amides is 1. The number of hydrogen-bond acceptors (Lipinski definition) is 4. The molecule has 1 unspecified atom stereocenters. The molecule has 3 rings (SSSR count). The van der Waals surface area contributed by atoms with Gasteiger partial charge in [0.15, 0.2) is 5.69 Å². The number of likely N-dealkylation sites (tertiary alicyclic amines) is 1. The molecular weight excluding hydrogens is 314 g/mol. The molecule has 0 spiro atoms. The van der Waals surface area contributed by atoms with Crippen LogP contribution in [-0.2, 0) is 6.54 Å². The van der Waals surface area contributed by atoms with E-state index in [-0.39, 0.29) is 17.9 Å². The second kappa shape index (κ2) is 6.66. The topological polar surface area (TPSA) is 63.9 Å². The fourth-order valence-corrected chi connectivity index (χ4v) is 3.03. The molecule has 0 aliphatic carbocycles. The van der Waals surface area contributed by atoms with Gasteiger partial charge in [0, 0.05) is 24.9 Å². The van der Waals surface area contributed by atoms with Crippen molar-refractivity contribution >= 4 is 17.5 Å². The van der Waals surface area contributed by atoms with Gasteiger partial charge in [0.1, 0.15) is 5.82 Å². The van der Waals surface area contributed by atoms with Gasteiger partial charge in [0.05, 0.1) is 23.8 Å². The first kappa shape index (κ1) is 15.9. The number of halogens is 1. The van der Waals surface area contributed by atoms with Gasteiger partial charge in [0.2, 0.25) is 0 Å². The molecule has 1 aliphatic rings. The number of aromatic nitrogens is 4. The molecule has 7 heteroatoms. The second-order valence-corrected chi connectivity index (χ2v) is 6.51. The number of carbonyl (C=O) groups is 1. The third-order valence-corrected chi connectivity index (χ3v) is 4.35. The van der Waals surface area contributed by atoms with E-state index in [0.29, 0.717) is 23.1 Å². The van der Waals surface area contributed by atoms with Gasteiger partial charge in [-0.25, -0.2) is 9.97 Å². The van der Waals surface area contributed by atoms with Crippen LogP contribution < -0.4 is 0 Å². The van der Waals surface area contributed by atoms with Crippen molar-refractivity contribution in [3.63, 3.8) is 0 Å². The van der Waals surface area contributed by atoms with Gasteiger partial charge in [0.25, 0.3) is 5.91 Å². The molecular formula is C16H20ClN5O. The average molecular weight is 334 g/mol. The Bertz CT molecular complexity index is 686. The number of hydrogen-bond donors (Lipinski definition) is 0. The lowest BCUT2D eigenvalue weighted by atomic mass is 10.2. The standard InChI is InChI=1S/C16H20ClN5O/c1-11(2)15-18-9-13(17)14(20-15)16(23)22-8-3-5-12(22)10-21-7-4-6-19-21/h4,6-7,9,11-12H,3,5,8,10H2,1-2H3. The number of rotatable bonds is 4. The monoisotopic (exact) mass is 333 g/mol. The maximum atomic E-state index is 12.9. The van der Waals surface area contributed by atoms with Crippen LogP contribution in [-0.4, -0.2) is 43.1 Å². The van der Waals surface area contributed by atoms with Crippen LogP contribution >= 0.6 is 11.6 Å². The molecule has 1 fully saturated rings. The van der Waals surface area contributed by atoms with Crippen LogP contribution in [0.1, 0.15) is 48.9 Å². The van der Waals surface area contributed by atoms with Crippen LogP contribution in [0.4, 0.5) is 0 Å². The van der Waals surface area contributed by atoms with Crippen molar-refractivity contribution < 1.29 is 4.79 Å². The molecule has 0 N–H and O–H groups in total. The normalized spacial score (nSPS) is 17.9. The van der Waals surface area contributed by atoms with Gasteiger partial charge in [-0.1, -0.05) is 25.4 Å². The highest BCUT2D eigenvalue weighted by Crippen LogP contribution is 2.24. The molecule has 1 saturated heterocycles. The second-order valence-electron chi connectivity index (χ2n) is 6.10. The van der Waals surface area contributed by atoms with Crippen molar-refractivity contribution in [2.45, 2.75) is 45.2 Å². The first-order valence-electron chi connectivity index (χ1n) is 7.87. The van der Waals surface area contributed by atoms with E-state index in [1.807, 2.05) is 35.7 Å². The highest BCUT2D eigenvalue weighted by atomic mass is 35.5. The summed E-state index contributed by atoms with van der Waals surface area (Å²) in [5.74, 6) is 0.673. The summed E-state index contributed by atoms with van der Waals surface area (Å²) in [4.78, 5) is 23.4. The van der Waals surface area contributed by atoms with E-state index in [4.69, 9.17) is 11.6 Å². The van der Waals surface area contributed by atoms with E-state index in [0.717, 1.165) is 19.4 Å². The van der Waals surface area contributed by atoms with E-state index in [2.05, 4.69) is 15.1 Å². The van der Waals surface area contributed by atoms with Crippen LogP contribution in [0.3, 0.4) is 0 Å². The van der Waals surface area contributed by atoms with Crippen molar-refractivity contribution in [1.82, 2.24) is 24.6 Å². The first-order chi connectivity index (χ1) is 11.1. The van der Waals surface area contributed by atoms with Crippen LogP contribution in [0.15, 0.2) is 24.7 Å². The maximum absolute atomic E-state index is 12.9. The van der Waals surface area contributed by atoms with Gasteiger partial charge in [-0.15, -0.1) is 0 Å². The first-order valence-corrected chi connectivity index (χ1v) is 8.25. The van der Waals surface area contributed by atoms with Crippen LogP contribution in [0.5, 0.6) is 0 Å². The maximum Gasteiger partial charge on any atom is 0.274 e. The molecule has 0 radical (unpaired) electrons. The van der Waals surface area contributed by atoms with E-state index >= 15 is 0 Å². The SMILES string of the molecule is CC(C)c1ncc(Cl)c(C(=O)N2CCCC2Cn2cccn2)n1. The molecule has 0 bridgehead atoms. The predicted molar refractivity (Wildman–Crippen MR) is 87.4 cm³/mol. The molecule has 2 aromatic rings. The summed E-state index contributed by atoms with van der Waals surface area (Å²) < 4.78 is 1.86. The molecule has 0 saturated carbocycles. The van der Waals surface area contributed by atoms with Crippen LogP contribution in [0.2, 0.25) is 5.02 Å². The van der Waals surface area contributed by atoms with E-state index in [9.17, 15) is 4.79 Å².